The third kappa shape index (κ3) is 4.81. The fourth-order valence-electron chi connectivity index (χ4n) is 4.95. The number of hydrogen-bond acceptors (Lipinski definition) is 6. The molecule has 0 aliphatic carbocycles. The van der Waals surface area contributed by atoms with Gasteiger partial charge in [-0.25, -0.2) is 14.1 Å². The summed E-state index contributed by atoms with van der Waals surface area (Å²) >= 11 is 0. The second-order valence-electron chi connectivity index (χ2n) is 9.35. The van der Waals surface area contributed by atoms with Gasteiger partial charge in [-0.15, -0.1) is 0 Å². The molecule has 4 aromatic heterocycles. The summed E-state index contributed by atoms with van der Waals surface area (Å²) < 4.78 is 61.8. The molecule has 2 N–H and O–H groups in total. The van der Waals surface area contributed by atoms with Gasteiger partial charge in [0.1, 0.15) is 11.5 Å². The molecule has 0 saturated carbocycles. The molecule has 0 spiro atoms. The van der Waals surface area contributed by atoms with E-state index in [2.05, 4.69) is 30.3 Å². The van der Waals surface area contributed by atoms with Crippen LogP contribution in [0.25, 0.3) is 38.8 Å². The van der Waals surface area contributed by atoms with Gasteiger partial charge in [0.05, 0.1) is 41.2 Å². The fraction of sp³-hybridized carbons (Fsp3) is 0.296. The number of rotatable bonds is 6. The predicted octanol–water partition coefficient (Wildman–Crippen LogP) is 5.39. The number of H-pyrrole nitrogens is 1. The number of morpholine rings is 1. The highest BCUT2D eigenvalue weighted by molar-refractivity contribution is 6.15. The highest BCUT2D eigenvalue weighted by atomic mass is 19.4. The molecule has 5 heterocycles. The number of pyridine rings is 2. The lowest BCUT2D eigenvalue weighted by atomic mass is 10.0. The van der Waals surface area contributed by atoms with E-state index in [0.717, 1.165) is 24.8 Å². The average molecular weight is 540 g/mol. The van der Waals surface area contributed by atoms with Gasteiger partial charge < -0.3 is 15.0 Å². The van der Waals surface area contributed by atoms with E-state index in [4.69, 9.17) is 4.74 Å². The highest BCUT2D eigenvalue weighted by Gasteiger charge is 2.34. The third-order valence-corrected chi connectivity index (χ3v) is 6.77. The number of anilines is 1. The molecular weight excluding hydrogens is 514 g/mol. The Labute approximate surface area is 220 Å². The van der Waals surface area contributed by atoms with Crippen molar-refractivity contribution in [1.29, 1.82) is 0 Å². The van der Waals surface area contributed by atoms with Crippen LogP contribution in [-0.4, -0.2) is 62.5 Å². The van der Waals surface area contributed by atoms with E-state index in [1.54, 1.807) is 12.4 Å². The van der Waals surface area contributed by atoms with E-state index in [1.165, 1.54) is 23.0 Å². The van der Waals surface area contributed by atoms with Crippen LogP contribution in [-0.2, 0) is 17.5 Å². The summed E-state index contributed by atoms with van der Waals surface area (Å²) in [6.07, 6.45) is -0.116. The molecule has 0 radical (unpaired) electrons. The number of nitrogens with zero attached hydrogens (tertiary/aromatic N) is 5. The Morgan fingerprint density at radius 3 is 2.59 bits per heavy atom. The number of alkyl halides is 3. The van der Waals surface area contributed by atoms with Crippen LogP contribution in [0.4, 0.5) is 23.2 Å². The van der Waals surface area contributed by atoms with Crippen molar-refractivity contribution in [3.63, 3.8) is 0 Å². The maximum atomic E-state index is 14.7. The van der Waals surface area contributed by atoms with E-state index < -0.39 is 17.7 Å². The van der Waals surface area contributed by atoms with Gasteiger partial charge in [0, 0.05) is 61.3 Å². The first-order valence-corrected chi connectivity index (χ1v) is 12.6. The Kier molecular flexibility index (Phi) is 6.43. The zero-order chi connectivity index (χ0) is 27.1. The van der Waals surface area contributed by atoms with Crippen molar-refractivity contribution in [3.05, 3.63) is 66.1 Å². The van der Waals surface area contributed by atoms with Crippen LogP contribution >= 0.6 is 0 Å². The quantitative estimate of drug-likeness (QED) is 0.282. The van der Waals surface area contributed by atoms with Crippen molar-refractivity contribution in [2.45, 2.75) is 19.6 Å². The Bertz CT molecular complexity index is 1640. The molecule has 6 rings (SSSR count). The summed E-state index contributed by atoms with van der Waals surface area (Å²) in [5.41, 5.74) is 2.86. The minimum absolute atomic E-state index is 0.345. The Morgan fingerprint density at radius 2 is 1.90 bits per heavy atom. The van der Waals surface area contributed by atoms with Crippen molar-refractivity contribution in [2.24, 2.45) is 0 Å². The van der Waals surface area contributed by atoms with Gasteiger partial charge in [-0.05, 0) is 31.2 Å². The molecule has 5 aromatic rings. The van der Waals surface area contributed by atoms with Gasteiger partial charge in [0.2, 0.25) is 0 Å². The lowest BCUT2D eigenvalue weighted by Crippen LogP contribution is -2.35. The molecule has 1 fully saturated rings. The number of benzene rings is 1. The van der Waals surface area contributed by atoms with Crippen molar-refractivity contribution >= 4 is 27.6 Å². The van der Waals surface area contributed by atoms with Gasteiger partial charge in [0.15, 0.2) is 5.69 Å². The van der Waals surface area contributed by atoms with Gasteiger partial charge in [-0.1, -0.05) is 6.07 Å². The largest absolute Gasteiger partial charge is 0.435 e. The Balaban J connectivity index is 1.53. The maximum absolute atomic E-state index is 14.7. The van der Waals surface area contributed by atoms with Crippen LogP contribution in [0.1, 0.15) is 18.3 Å². The molecule has 1 aromatic carbocycles. The first-order chi connectivity index (χ1) is 18.8. The number of fused-ring (bicyclic) bond motifs is 3. The number of halogens is 4. The molecule has 1 aliphatic heterocycles. The SMILES string of the molecule is CCNc1cc(F)cc2c1[nH]c1ncc(-c3ccc(CN4CCOCC4)nc3)c(-n3ccc(C(F)(F)F)n3)c12. The summed E-state index contributed by atoms with van der Waals surface area (Å²) in [6.45, 7) is 6.10. The number of nitrogens with one attached hydrogen (secondary N) is 2. The second-order valence-corrected chi connectivity index (χ2v) is 9.35. The molecule has 1 aliphatic rings. The van der Waals surface area contributed by atoms with Crippen LogP contribution < -0.4 is 5.32 Å². The summed E-state index contributed by atoms with van der Waals surface area (Å²) in [5, 5.41) is 7.91. The summed E-state index contributed by atoms with van der Waals surface area (Å²) in [5.74, 6) is -0.485. The lowest BCUT2D eigenvalue weighted by Gasteiger charge is -2.26. The summed E-state index contributed by atoms with van der Waals surface area (Å²) in [4.78, 5) is 14.6. The molecule has 0 amide bonds. The second kappa shape index (κ2) is 9.93. The van der Waals surface area contributed by atoms with Crippen molar-refractivity contribution in [2.75, 3.05) is 38.2 Å². The number of aromatic amines is 1. The first kappa shape index (κ1) is 25.3. The van der Waals surface area contributed by atoms with Gasteiger partial charge in [-0.2, -0.15) is 18.3 Å². The molecule has 12 heteroatoms. The molecule has 8 nitrogen and oxygen atoms in total. The highest BCUT2D eigenvalue weighted by Crippen LogP contribution is 2.39. The number of hydrogen-bond donors (Lipinski definition) is 2. The molecule has 202 valence electrons. The zero-order valence-corrected chi connectivity index (χ0v) is 21.0. The van der Waals surface area contributed by atoms with Crippen LogP contribution in [0.5, 0.6) is 0 Å². The fourth-order valence-corrected chi connectivity index (χ4v) is 4.95. The minimum Gasteiger partial charge on any atom is -0.384 e. The zero-order valence-electron chi connectivity index (χ0n) is 21.0. The third-order valence-electron chi connectivity index (χ3n) is 6.77. The van der Waals surface area contributed by atoms with Crippen LogP contribution in [0, 0.1) is 5.82 Å². The maximum Gasteiger partial charge on any atom is 0.435 e. The average Bonchev–Trinajstić information content (AvgIpc) is 3.55. The van der Waals surface area contributed by atoms with Crippen molar-refractivity contribution in [1.82, 2.24) is 29.6 Å². The van der Waals surface area contributed by atoms with E-state index >= 15 is 0 Å². The van der Waals surface area contributed by atoms with Crippen molar-refractivity contribution in [3.8, 4) is 16.8 Å². The van der Waals surface area contributed by atoms with Crippen molar-refractivity contribution < 1.29 is 22.3 Å². The van der Waals surface area contributed by atoms with Crippen LogP contribution in [0.2, 0.25) is 0 Å². The molecule has 0 atom stereocenters. The van der Waals surface area contributed by atoms with E-state index in [9.17, 15) is 17.6 Å². The van der Waals surface area contributed by atoms with Crippen LogP contribution in [0.3, 0.4) is 0 Å². The van der Waals surface area contributed by atoms with E-state index in [-0.39, 0.29) is 0 Å². The summed E-state index contributed by atoms with van der Waals surface area (Å²) in [7, 11) is 0. The minimum atomic E-state index is -4.62. The summed E-state index contributed by atoms with van der Waals surface area (Å²) in [6, 6.07) is 7.39. The van der Waals surface area contributed by atoms with Gasteiger partial charge >= 0.3 is 6.18 Å². The molecular formula is C27H25F4N7O. The van der Waals surface area contributed by atoms with Gasteiger partial charge in [0.25, 0.3) is 0 Å². The normalized spacial score (nSPS) is 14.9. The number of aromatic nitrogens is 5. The Hall–Kier alpha value is -4.03. The van der Waals surface area contributed by atoms with Crippen LogP contribution in [0.15, 0.2) is 48.9 Å². The molecule has 0 unspecified atom stereocenters. The Morgan fingerprint density at radius 1 is 1.08 bits per heavy atom. The monoisotopic (exact) mass is 539 g/mol. The lowest BCUT2D eigenvalue weighted by molar-refractivity contribution is -0.141. The van der Waals surface area contributed by atoms with E-state index in [0.29, 0.717) is 70.7 Å². The smallest absolute Gasteiger partial charge is 0.384 e. The topological polar surface area (TPSA) is 83.9 Å². The predicted molar refractivity (Wildman–Crippen MR) is 139 cm³/mol. The van der Waals surface area contributed by atoms with E-state index in [1.807, 2.05) is 19.1 Å². The first-order valence-electron chi connectivity index (χ1n) is 12.6. The van der Waals surface area contributed by atoms with Gasteiger partial charge in [-0.3, -0.25) is 9.88 Å². The molecule has 39 heavy (non-hydrogen) atoms. The number of ether oxygens (including phenoxy) is 1. The molecule has 1 saturated heterocycles. The molecule has 0 bridgehead atoms. The standard InChI is InChI=1S/C27H25F4N7O/c1-2-32-21-12-17(28)11-19-23-25(38-6-5-22(36-38)27(29,30)31)20(14-34-26(23)35-24(19)21)16-3-4-18(33-13-16)15-37-7-9-39-10-8-37/h3-6,11-14,32H,2,7-10,15H2,1H3,(H,34,35).